The molecule has 0 aliphatic carbocycles. The molecule has 1 atom stereocenters. The normalized spacial score (nSPS) is 20.0. The Morgan fingerprint density at radius 3 is 3.10 bits per heavy atom. The van der Waals surface area contributed by atoms with Gasteiger partial charge in [-0.05, 0) is 19.7 Å². The van der Waals surface area contributed by atoms with Gasteiger partial charge >= 0.3 is 0 Å². The summed E-state index contributed by atoms with van der Waals surface area (Å²) < 4.78 is 0. The van der Waals surface area contributed by atoms with Gasteiger partial charge in [-0.2, -0.15) is 0 Å². The lowest BCUT2D eigenvalue weighted by Crippen LogP contribution is -2.36. The number of aliphatic hydroxyl groups is 1. The number of nitrogens with zero attached hydrogens (tertiary/aromatic N) is 1. The van der Waals surface area contributed by atoms with Crippen molar-refractivity contribution in [3.63, 3.8) is 0 Å². The standard InChI is InChI=1S/C7H14N2O/c1-8-7(10)6-9-4-2-3-5-9/h2,4,7-8,10H,3,5-6H2,1H3. The molecule has 0 bridgehead atoms. The zero-order chi connectivity index (χ0) is 7.40. The van der Waals surface area contributed by atoms with Gasteiger partial charge in [-0.25, -0.2) is 0 Å². The van der Waals surface area contributed by atoms with Crippen LogP contribution in [0.25, 0.3) is 0 Å². The average Bonchev–Trinajstić information content (AvgIpc) is 2.40. The van der Waals surface area contributed by atoms with Crippen LogP contribution in [0.5, 0.6) is 0 Å². The molecule has 0 saturated carbocycles. The quantitative estimate of drug-likeness (QED) is 0.533. The topological polar surface area (TPSA) is 35.5 Å². The Labute approximate surface area is 61.3 Å². The summed E-state index contributed by atoms with van der Waals surface area (Å²) >= 11 is 0. The second-order valence-corrected chi connectivity index (χ2v) is 2.47. The van der Waals surface area contributed by atoms with E-state index < -0.39 is 6.23 Å². The maximum absolute atomic E-state index is 9.13. The van der Waals surface area contributed by atoms with Crippen molar-refractivity contribution in [3.8, 4) is 0 Å². The molecule has 1 unspecified atom stereocenters. The lowest BCUT2D eigenvalue weighted by molar-refractivity contribution is 0.114. The summed E-state index contributed by atoms with van der Waals surface area (Å²) in [6, 6.07) is 0. The predicted molar refractivity (Wildman–Crippen MR) is 40.4 cm³/mol. The molecule has 1 rings (SSSR count). The summed E-state index contributed by atoms with van der Waals surface area (Å²) in [7, 11) is 1.75. The van der Waals surface area contributed by atoms with Crippen molar-refractivity contribution in [2.75, 3.05) is 20.1 Å². The Morgan fingerprint density at radius 2 is 2.60 bits per heavy atom. The first kappa shape index (κ1) is 7.57. The van der Waals surface area contributed by atoms with Crippen molar-refractivity contribution in [1.29, 1.82) is 0 Å². The number of likely N-dealkylation sites (N-methyl/N-ethyl adjacent to an activating group) is 1. The number of aliphatic hydroxyl groups excluding tert-OH is 1. The van der Waals surface area contributed by atoms with E-state index in [1.165, 1.54) is 0 Å². The van der Waals surface area contributed by atoms with Crippen molar-refractivity contribution >= 4 is 0 Å². The van der Waals surface area contributed by atoms with Gasteiger partial charge in [-0.1, -0.05) is 6.08 Å². The van der Waals surface area contributed by atoms with E-state index in [0.717, 1.165) is 13.0 Å². The van der Waals surface area contributed by atoms with Gasteiger partial charge in [0.2, 0.25) is 0 Å². The zero-order valence-electron chi connectivity index (χ0n) is 6.25. The molecule has 0 aromatic rings. The Bertz CT molecular complexity index is 125. The van der Waals surface area contributed by atoms with Crippen LogP contribution in [-0.4, -0.2) is 36.4 Å². The van der Waals surface area contributed by atoms with E-state index in [9.17, 15) is 0 Å². The fourth-order valence-electron chi connectivity index (χ4n) is 1.00. The average molecular weight is 142 g/mol. The number of rotatable bonds is 3. The maximum atomic E-state index is 9.13. The molecule has 3 heteroatoms. The van der Waals surface area contributed by atoms with Crippen molar-refractivity contribution in [2.45, 2.75) is 12.6 Å². The molecule has 1 aliphatic rings. The highest BCUT2D eigenvalue weighted by molar-refractivity contribution is 4.91. The maximum Gasteiger partial charge on any atom is 0.122 e. The van der Waals surface area contributed by atoms with E-state index in [0.29, 0.717) is 6.54 Å². The van der Waals surface area contributed by atoms with Gasteiger partial charge in [-0.15, -0.1) is 0 Å². The highest BCUT2D eigenvalue weighted by atomic mass is 16.3. The highest BCUT2D eigenvalue weighted by Crippen LogP contribution is 2.03. The molecular weight excluding hydrogens is 128 g/mol. The summed E-state index contributed by atoms with van der Waals surface area (Å²) in [5, 5.41) is 11.9. The molecule has 2 N–H and O–H groups in total. The fraction of sp³-hybridized carbons (Fsp3) is 0.714. The van der Waals surface area contributed by atoms with Crippen LogP contribution in [0.1, 0.15) is 6.42 Å². The number of hydrogen-bond donors (Lipinski definition) is 2. The molecule has 0 fully saturated rings. The minimum atomic E-state index is -0.400. The van der Waals surface area contributed by atoms with Gasteiger partial charge in [-0.3, -0.25) is 5.32 Å². The fourth-order valence-corrected chi connectivity index (χ4v) is 1.00. The van der Waals surface area contributed by atoms with E-state index in [2.05, 4.69) is 16.3 Å². The molecule has 0 spiro atoms. The van der Waals surface area contributed by atoms with Crippen molar-refractivity contribution in [3.05, 3.63) is 12.3 Å². The second-order valence-electron chi connectivity index (χ2n) is 2.47. The molecule has 0 aromatic heterocycles. The number of nitrogens with one attached hydrogen (secondary N) is 1. The van der Waals surface area contributed by atoms with Crippen molar-refractivity contribution in [2.24, 2.45) is 0 Å². The summed E-state index contributed by atoms with van der Waals surface area (Å²) in [6.07, 6.45) is 4.85. The third-order valence-electron chi connectivity index (χ3n) is 1.64. The van der Waals surface area contributed by atoms with Gasteiger partial charge in [0.15, 0.2) is 0 Å². The van der Waals surface area contributed by atoms with E-state index in [1.54, 1.807) is 7.05 Å². The molecule has 10 heavy (non-hydrogen) atoms. The summed E-state index contributed by atoms with van der Waals surface area (Å²) in [4.78, 5) is 2.10. The third-order valence-corrected chi connectivity index (χ3v) is 1.64. The SMILES string of the molecule is CNC(O)CN1C=CCC1. The summed E-state index contributed by atoms with van der Waals surface area (Å²) in [5.41, 5.74) is 0. The zero-order valence-corrected chi connectivity index (χ0v) is 6.25. The minimum absolute atomic E-state index is 0.400. The van der Waals surface area contributed by atoms with Crippen LogP contribution in [0.15, 0.2) is 12.3 Å². The first-order valence-corrected chi connectivity index (χ1v) is 3.59. The molecule has 58 valence electrons. The van der Waals surface area contributed by atoms with E-state index in [-0.39, 0.29) is 0 Å². The van der Waals surface area contributed by atoms with Gasteiger partial charge < -0.3 is 10.0 Å². The van der Waals surface area contributed by atoms with Gasteiger partial charge in [0.25, 0.3) is 0 Å². The largest absolute Gasteiger partial charge is 0.377 e. The van der Waals surface area contributed by atoms with Crippen LogP contribution in [0.3, 0.4) is 0 Å². The Kier molecular flexibility index (Phi) is 2.71. The summed E-state index contributed by atoms with van der Waals surface area (Å²) in [6.45, 7) is 1.73. The Balaban J connectivity index is 2.18. The van der Waals surface area contributed by atoms with Gasteiger partial charge in [0, 0.05) is 6.54 Å². The van der Waals surface area contributed by atoms with Crippen LogP contribution in [0, 0.1) is 0 Å². The molecule has 1 aliphatic heterocycles. The van der Waals surface area contributed by atoms with Crippen LogP contribution < -0.4 is 5.32 Å². The van der Waals surface area contributed by atoms with Gasteiger partial charge in [0.1, 0.15) is 6.23 Å². The molecule has 0 radical (unpaired) electrons. The molecule has 0 amide bonds. The van der Waals surface area contributed by atoms with Crippen molar-refractivity contribution < 1.29 is 5.11 Å². The van der Waals surface area contributed by atoms with Crippen LogP contribution >= 0.6 is 0 Å². The third kappa shape index (κ3) is 2.01. The molecule has 1 heterocycles. The van der Waals surface area contributed by atoms with E-state index in [1.807, 2.05) is 6.20 Å². The second kappa shape index (κ2) is 3.58. The van der Waals surface area contributed by atoms with E-state index in [4.69, 9.17) is 5.11 Å². The van der Waals surface area contributed by atoms with Crippen LogP contribution in [0.2, 0.25) is 0 Å². The number of hydrogen-bond acceptors (Lipinski definition) is 3. The first-order valence-electron chi connectivity index (χ1n) is 3.59. The monoisotopic (exact) mass is 142 g/mol. The predicted octanol–water partition coefficient (Wildman–Crippen LogP) is -0.256. The Hall–Kier alpha value is -0.540. The van der Waals surface area contributed by atoms with Crippen molar-refractivity contribution in [1.82, 2.24) is 10.2 Å². The Morgan fingerprint density at radius 1 is 1.80 bits per heavy atom. The molecular formula is C7H14N2O. The number of β-amino-alcohol motifs (C(OH)–C–C–N with tert-alkyl or cyclic N) is 1. The first-order chi connectivity index (χ1) is 4.83. The highest BCUT2D eigenvalue weighted by Gasteiger charge is 2.07. The lowest BCUT2D eigenvalue weighted by Gasteiger charge is -2.18. The smallest absolute Gasteiger partial charge is 0.122 e. The molecule has 0 saturated heterocycles. The van der Waals surface area contributed by atoms with Crippen LogP contribution in [0.4, 0.5) is 0 Å². The lowest BCUT2D eigenvalue weighted by atomic mass is 10.4. The minimum Gasteiger partial charge on any atom is -0.377 e. The molecule has 0 aromatic carbocycles. The van der Waals surface area contributed by atoms with Gasteiger partial charge in [0.05, 0.1) is 6.54 Å². The molecule has 3 nitrogen and oxygen atoms in total. The van der Waals surface area contributed by atoms with Crippen LogP contribution in [-0.2, 0) is 0 Å². The van der Waals surface area contributed by atoms with E-state index >= 15 is 0 Å². The summed E-state index contributed by atoms with van der Waals surface area (Å²) in [5.74, 6) is 0.